The number of hydrogen-bond donors (Lipinski definition) is 0. The number of carbonyl (C=O) groups is 2. The van der Waals surface area contributed by atoms with Crippen molar-refractivity contribution in [1.29, 1.82) is 0 Å². The molecular weight excluding hydrogens is 156 g/mol. The highest BCUT2D eigenvalue weighted by molar-refractivity contribution is 5.88. The first-order valence-corrected chi connectivity index (χ1v) is 4.01. The van der Waals surface area contributed by atoms with Gasteiger partial charge in [-0.15, -0.1) is 0 Å². The van der Waals surface area contributed by atoms with Crippen LogP contribution in [0.15, 0.2) is 0 Å². The van der Waals surface area contributed by atoms with E-state index in [1.54, 1.807) is 19.0 Å². The summed E-state index contributed by atoms with van der Waals surface area (Å²) in [6, 6.07) is 0. The first-order valence-electron chi connectivity index (χ1n) is 4.01. The molecule has 1 saturated heterocycles. The Balaban J connectivity index is 2.78. The molecule has 1 rings (SSSR count). The van der Waals surface area contributed by atoms with Crippen molar-refractivity contribution in [3.63, 3.8) is 0 Å². The third-order valence-corrected chi connectivity index (χ3v) is 2.14. The molecule has 0 aromatic carbocycles. The van der Waals surface area contributed by atoms with E-state index in [4.69, 9.17) is 0 Å². The van der Waals surface area contributed by atoms with Crippen molar-refractivity contribution in [2.75, 3.05) is 27.2 Å². The molecule has 0 spiro atoms. The Labute approximate surface area is 72.1 Å². The second kappa shape index (κ2) is 3.13. The van der Waals surface area contributed by atoms with Crippen molar-refractivity contribution in [2.24, 2.45) is 5.92 Å². The van der Waals surface area contributed by atoms with Crippen LogP contribution in [0, 0.1) is 5.92 Å². The summed E-state index contributed by atoms with van der Waals surface area (Å²) >= 11 is 0. The van der Waals surface area contributed by atoms with Crippen LogP contribution in [0.2, 0.25) is 0 Å². The van der Waals surface area contributed by atoms with Gasteiger partial charge in [-0.1, -0.05) is 6.92 Å². The minimum atomic E-state index is -0.0774. The first-order chi connectivity index (χ1) is 5.52. The molecule has 1 aliphatic heterocycles. The standard InChI is InChI=1S/C8H14N2O2/c1-6-4-9(2)7(11)5-10(3)8(6)12/h6H,4-5H2,1-3H3. The van der Waals surface area contributed by atoms with Crippen LogP contribution in [0.4, 0.5) is 0 Å². The number of carbonyl (C=O) groups excluding carboxylic acids is 2. The Kier molecular flexibility index (Phi) is 2.35. The lowest BCUT2D eigenvalue weighted by Gasteiger charge is -2.14. The summed E-state index contributed by atoms with van der Waals surface area (Å²) in [5, 5.41) is 0. The Morgan fingerprint density at radius 2 is 1.83 bits per heavy atom. The van der Waals surface area contributed by atoms with Gasteiger partial charge < -0.3 is 9.80 Å². The molecule has 0 saturated carbocycles. The fourth-order valence-electron chi connectivity index (χ4n) is 1.37. The molecule has 68 valence electrons. The van der Waals surface area contributed by atoms with Crippen LogP contribution in [0.25, 0.3) is 0 Å². The topological polar surface area (TPSA) is 40.6 Å². The van der Waals surface area contributed by atoms with E-state index in [0.29, 0.717) is 6.54 Å². The maximum absolute atomic E-state index is 11.4. The smallest absolute Gasteiger partial charge is 0.241 e. The molecule has 1 fully saturated rings. The average molecular weight is 170 g/mol. The predicted octanol–water partition coefficient (Wildman–Crippen LogP) is -0.447. The van der Waals surface area contributed by atoms with Crippen LogP contribution in [0.3, 0.4) is 0 Å². The fourth-order valence-corrected chi connectivity index (χ4v) is 1.37. The van der Waals surface area contributed by atoms with E-state index in [1.165, 1.54) is 4.90 Å². The van der Waals surface area contributed by atoms with Crippen molar-refractivity contribution >= 4 is 11.8 Å². The second-order valence-electron chi connectivity index (χ2n) is 3.37. The van der Waals surface area contributed by atoms with E-state index in [2.05, 4.69) is 0 Å². The van der Waals surface area contributed by atoms with Crippen LogP contribution in [0.5, 0.6) is 0 Å². The summed E-state index contributed by atoms with van der Waals surface area (Å²) in [4.78, 5) is 25.7. The van der Waals surface area contributed by atoms with Crippen LogP contribution in [-0.4, -0.2) is 48.8 Å². The maximum Gasteiger partial charge on any atom is 0.241 e. The average Bonchev–Trinajstić information content (AvgIpc) is 2.07. The van der Waals surface area contributed by atoms with E-state index < -0.39 is 0 Å². The van der Waals surface area contributed by atoms with Gasteiger partial charge in [-0.3, -0.25) is 9.59 Å². The number of amides is 2. The van der Waals surface area contributed by atoms with Crippen molar-refractivity contribution in [1.82, 2.24) is 9.80 Å². The van der Waals surface area contributed by atoms with E-state index >= 15 is 0 Å². The van der Waals surface area contributed by atoms with Gasteiger partial charge in [0.25, 0.3) is 0 Å². The molecule has 0 N–H and O–H groups in total. The molecule has 1 aliphatic rings. The van der Waals surface area contributed by atoms with Gasteiger partial charge in [0.2, 0.25) is 11.8 Å². The van der Waals surface area contributed by atoms with Gasteiger partial charge in [-0.2, -0.15) is 0 Å². The van der Waals surface area contributed by atoms with Gasteiger partial charge in [0.1, 0.15) is 0 Å². The summed E-state index contributed by atoms with van der Waals surface area (Å²) in [5.41, 5.74) is 0. The third-order valence-electron chi connectivity index (χ3n) is 2.14. The van der Waals surface area contributed by atoms with Crippen molar-refractivity contribution in [3.05, 3.63) is 0 Å². The fraction of sp³-hybridized carbons (Fsp3) is 0.750. The Bertz CT molecular complexity index is 215. The van der Waals surface area contributed by atoms with E-state index in [9.17, 15) is 9.59 Å². The molecular formula is C8H14N2O2. The molecule has 4 nitrogen and oxygen atoms in total. The Hall–Kier alpha value is -1.06. The van der Waals surface area contributed by atoms with Gasteiger partial charge in [-0.05, 0) is 0 Å². The minimum absolute atomic E-state index is 0.00944. The molecule has 1 unspecified atom stereocenters. The van der Waals surface area contributed by atoms with Crippen molar-refractivity contribution < 1.29 is 9.59 Å². The molecule has 1 heterocycles. The highest BCUT2D eigenvalue weighted by Crippen LogP contribution is 2.07. The summed E-state index contributed by atoms with van der Waals surface area (Å²) in [6.45, 7) is 2.58. The lowest BCUT2D eigenvalue weighted by molar-refractivity contribution is -0.135. The zero-order chi connectivity index (χ0) is 9.30. The molecule has 0 aliphatic carbocycles. The summed E-state index contributed by atoms with van der Waals surface area (Å²) in [5.74, 6) is -0.0191. The summed E-state index contributed by atoms with van der Waals surface area (Å²) in [6.07, 6.45) is 0. The molecule has 4 heteroatoms. The maximum atomic E-state index is 11.4. The van der Waals surface area contributed by atoms with Crippen molar-refractivity contribution in [3.8, 4) is 0 Å². The monoisotopic (exact) mass is 170 g/mol. The van der Waals surface area contributed by atoms with Gasteiger partial charge >= 0.3 is 0 Å². The Morgan fingerprint density at radius 3 is 2.42 bits per heavy atom. The molecule has 0 aromatic rings. The van der Waals surface area contributed by atoms with Gasteiger partial charge in [0, 0.05) is 20.6 Å². The van der Waals surface area contributed by atoms with Crippen molar-refractivity contribution in [2.45, 2.75) is 6.92 Å². The number of nitrogens with zero attached hydrogens (tertiary/aromatic N) is 2. The summed E-state index contributed by atoms with van der Waals surface area (Å²) in [7, 11) is 3.39. The SMILES string of the molecule is CC1CN(C)C(=O)CN(C)C1=O. The normalized spacial score (nSPS) is 26.1. The molecule has 12 heavy (non-hydrogen) atoms. The van der Waals surface area contributed by atoms with E-state index in [1.807, 2.05) is 6.92 Å². The third kappa shape index (κ3) is 1.57. The van der Waals surface area contributed by atoms with Gasteiger partial charge in [0.15, 0.2) is 0 Å². The number of rotatable bonds is 0. The quantitative estimate of drug-likeness (QED) is 0.494. The number of hydrogen-bond acceptors (Lipinski definition) is 2. The minimum Gasteiger partial charge on any atom is -0.343 e. The lowest BCUT2D eigenvalue weighted by atomic mass is 10.1. The first kappa shape index (κ1) is 9.03. The van der Waals surface area contributed by atoms with Gasteiger partial charge in [0.05, 0.1) is 12.5 Å². The Morgan fingerprint density at radius 1 is 1.25 bits per heavy atom. The highest BCUT2D eigenvalue weighted by atomic mass is 16.2. The van der Waals surface area contributed by atoms with Crippen LogP contribution in [0.1, 0.15) is 6.92 Å². The zero-order valence-corrected chi connectivity index (χ0v) is 7.70. The van der Waals surface area contributed by atoms with Crippen LogP contribution >= 0.6 is 0 Å². The molecule has 1 atom stereocenters. The predicted molar refractivity (Wildman–Crippen MR) is 44.4 cm³/mol. The summed E-state index contributed by atoms with van der Waals surface area (Å²) < 4.78 is 0. The van der Waals surface area contributed by atoms with Crippen LogP contribution in [-0.2, 0) is 9.59 Å². The highest BCUT2D eigenvalue weighted by Gasteiger charge is 2.27. The van der Waals surface area contributed by atoms with E-state index in [0.717, 1.165) is 0 Å². The zero-order valence-electron chi connectivity index (χ0n) is 7.70. The number of likely N-dealkylation sites (N-methyl/N-ethyl adjacent to an activating group) is 2. The molecule has 0 bridgehead atoms. The molecule has 0 aromatic heterocycles. The molecule has 0 radical (unpaired) electrons. The lowest BCUT2D eigenvalue weighted by Crippen LogP contribution is -2.33. The second-order valence-corrected chi connectivity index (χ2v) is 3.37. The van der Waals surface area contributed by atoms with Crippen LogP contribution < -0.4 is 0 Å². The van der Waals surface area contributed by atoms with Gasteiger partial charge in [-0.25, -0.2) is 0 Å². The largest absolute Gasteiger partial charge is 0.343 e. The molecule has 2 amide bonds. The van der Waals surface area contributed by atoms with E-state index in [-0.39, 0.29) is 24.3 Å².